The molecule has 150 valence electrons. The summed E-state index contributed by atoms with van der Waals surface area (Å²) in [5.74, 6) is 0.681. The summed E-state index contributed by atoms with van der Waals surface area (Å²) in [6.07, 6.45) is 8.35. The van der Waals surface area contributed by atoms with Crippen molar-refractivity contribution in [3.63, 3.8) is 0 Å². The van der Waals surface area contributed by atoms with Gasteiger partial charge in [-0.15, -0.1) is 12.4 Å². The fourth-order valence-electron chi connectivity index (χ4n) is 3.79. The molecule has 1 saturated carbocycles. The van der Waals surface area contributed by atoms with Crippen LogP contribution in [0.2, 0.25) is 0 Å². The normalized spacial score (nSPS) is 20.3. The summed E-state index contributed by atoms with van der Waals surface area (Å²) >= 11 is 0. The van der Waals surface area contributed by atoms with Gasteiger partial charge in [-0.3, -0.25) is 9.59 Å². The minimum Gasteiger partial charge on any atom is -0.495 e. The highest BCUT2D eigenvalue weighted by Crippen LogP contribution is 2.30. The Morgan fingerprint density at radius 3 is 2.41 bits per heavy atom. The predicted molar refractivity (Wildman–Crippen MR) is 110 cm³/mol. The van der Waals surface area contributed by atoms with Crippen molar-refractivity contribution >= 4 is 35.6 Å². The fourth-order valence-corrected chi connectivity index (χ4v) is 3.79. The van der Waals surface area contributed by atoms with Gasteiger partial charge in [0.25, 0.3) is 0 Å². The quantitative estimate of drug-likeness (QED) is 0.709. The summed E-state index contributed by atoms with van der Waals surface area (Å²) in [7, 11) is 1.58. The largest absolute Gasteiger partial charge is 0.495 e. The minimum absolute atomic E-state index is 0. The molecule has 1 saturated heterocycles. The summed E-state index contributed by atoms with van der Waals surface area (Å²) in [5.41, 5.74) is 1.28. The molecule has 2 fully saturated rings. The summed E-state index contributed by atoms with van der Waals surface area (Å²) < 4.78 is 5.37. The third-order valence-corrected chi connectivity index (χ3v) is 5.33. The zero-order valence-corrected chi connectivity index (χ0v) is 16.7. The SMILES string of the molecule is COc1ccc(NC(=O)C2CCCCN2)cc1NC(=O)C1CCCCC1.Cl. The number of nitrogens with one attached hydrogen (secondary N) is 3. The average molecular weight is 396 g/mol. The Morgan fingerprint density at radius 2 is 1.74 bits per heavy atom. The maximum Gasteiger partial charge on any atom is 0.241 e. The van der Waals surface area contributed by atoms with Crippen LogP contribution in [0.5, 0.6) is 5.75 Å². The summed E-state index contributed by atoms with van der Waals surface area (Å²) in [6, 6.07) is 5.21. The van der Waals surface area contributed by atoms with Crippen molar-refractivity contribution in [1.82, 2.24) is 5.32 Å². The number of rotatable bonds is 5. The Bertz CT molecular complexity index is 641. The van der Waals surface area contributed by atoms with Crippen molar-refractivity contribution in [2.75, 3.05) is 24.3 Å². The van der Waals surface area contributed by atoms with Gasteiger partial charge in [0.15, 0.2) is 0 Å². The molecule has 1 aliphatic carbocycles. The van der Waals surface area contributed by atoms with Crippen molar-refractivity contribution in [2.24, 2.45) is 5.92 Å². The van der Waals surface area contributed by atoms with Crippen LogP contribution in [0.3, 0.4) is 0 Å². The maximum atomic E-state index is 12.6. The number of carbonyl (C=O) groups is 2. The first-order valence-electron chi connectivity index (χ1n) is 9.70. The number of benzene rings is 1. The Kier molecular flexibility index (Phi) is 8.38. The second kappa shape index (κ2) is 10.5. The molecule has 3 rings (SSSR count). The standard InChI is InChI=1S/C20H29N3O3.ClH/c1-26-18-11-10-15(22-20(25)16-9-5-6-12-21-16)13-17(18)23-19(24)14-7-3-2-4-8-14;/h10-11,13-14,16,21H,2-9,12H2,1H3,(H,22,25)(H,23,24);1H. The number of amides is 2. The molecule has 6 nitrogen and oxygen atoms in total. The van der Waals surface area contributed by atoms with E-state index in [-0.39, 0.29) is 36.2 Å². The smallest absolute Gasteiger partial charge is 0.241 e. The van der Waals surface area contributed by atoms with Crippen LogP contribution in [0.4, 0.5) is 11.4 Å². The fraction of sp³-hybridized carbons (Fsp3) is 0.600. The van der Waals surface area contributed by atoms with Crippen LogP contribution in [0.15, 0.2) is 18.2 Å². The van der Waals surface area contributed by atoms with Crippen LogP contribution in [-0.2, 0) is 9.59 Å². The number of halogens is 1. The number of piperidine rings is 1. The van der Waals surface area contributed by atoms with Crippen LogP contribution < -0.4 is 20.7 Å². The van der Waals surface area contributed by atoms with Gasteiger partial charge in [0.05, 0.1) is 18.8 Å². The lowest BCUT2D eigenvalue weighted by Gasteiger charge is -2.23. The number of hydrogen-bond donors (Lipinski definition) is 3. The van der Waals surface area contributed by atoms with Gasteiger partial charge >= 0.3 is 0 Å². The highest BCUT2D eigenvalue weighted by atomic mass is 35.5. The molecule has 1 atom stereocenters. The van der Waals surface area contributed by atoms with E-state index >= 15 is 0 Å². The molecule has 27 heavy (non-hydrogen) atoms. The molecule has 0 bridgehead atoms. The van der Waals surface area contributed by atoms with E-state index in [0.29, 0.717) is 17.1 Å². The second-order valence-corrected chi connectivity index (χ2v) is 7.23. The van der Waals surface area contributed by atoms with Crippen molar-refractivity contribution in [3.8, 4) is 5.75 Å². The van der Waals surface area contributed by atoms with Gasteiger partial charge in [-0.2, -0.15) is 0 Å². The summed E-state index contributed by atoms with van der Waals surface area (Å²) in [6.45, 7) is 0.878. The van der Waals surface area contributed by atoms with Crippen molar-refractivity contribution in [1.29, 1.82) is 0 Å². The van der Waals surface area contributed by atoms with E-state index in [2.05, 4.69) is 16.0 Å². The monoisotopic (exact) mass is 395 g/mol. The number of anilines is 2. The maximum absolute atomic E-state index is 12.6. The van der Waals surface area contributed by atoms with E-state index in [0.717, 1.165) is 51.5 Å². The lowest BCUT2D eigenvalue weighted by molar-refractivity contribution is -0.121. The van der Waals surface area contributed by atoms with Gasteiger partial charge < -0.3 is 20.7 Å². The molecule has 0 aromatic heterocycles. The summed E-state index contributed by atoms with van der Waals surface area (Å²) in [5, 5.41) is 9.19. The van der Waals surface area contributed by atoms with E-state index in [1.165, 1.54) is 6.42 Å². The van der Waals surface area contributed by atoms with E-state index in [4.69, 9.17) is 4.74 Å². The highest BCUT2D eigenvalue weighted by Gasteiger charge is 2.23. The molecule has 2 aliphatic rings. The molecule has 1 aliphatic heterocycles. The lowest BCUT2D eigenvalue weighted by atomic mass is 9.88. The zero-order valence-electron chi connectivity index (χ0n) is 15.9. The topological polar surface area (TPSA) is 79.5 Å². The molecule has 3 N–H and O–H groups in total. The molecular formula is C20H30ClN3O3. The van der Waals surface area contributed by atoms with E-state index < -0.39 is 0 Å². The molecule has 1 aromatic rings. The lowest BCUT2D eigenvalue weighted by Crippen LogP contribution is -2.43. The zero-order chi connectivity index (χ0) is 18.4. The molecule has 7 heteroatoms. The van der Waals surface area contributed by atoms with Crippen LogP contribution in [0, 0.1) is 5.92 Å². The van der Waals surface area contributed by atoms with Crippen LogP contribution in [-0.4, -0.2) is 31.5 Å². The predicted octanol–water partition coefficient (Wildman–Crippen LogP) is 3.72. The Labute approximate surface area is 167 Å². The number of ether oxygens (including phenoxy) is 1. The third-order valence-electron chi connectivity index (χ3n) is 5.33. The number of methoxy groups -OCH3 is 1. The van der Waals surface area contributed by atoms with E-state index in [1.54, 1.807) is 25.3 Å². The van der Waals surface area contributed by atoms with Gasteiger partial charge in [-0.1, -0.05) is 25.7 Å². The molecule has 1 aromatic carbocycles. The van der Waals surface area contributed by atoms with Gasteiger partial charge in [0, 0.05) is 11.6 Å². The Morgan fingerprint density at radius 1 is 1.00 bits per heavy atom. The number of carbonyl (C=O) groups excluding carboxylic acids is 2. The molecular weight excluding hydrogens is 366 g/mol. The van der Waals surface area contributed by atoms with Crippen molar-refractivity contribution in [3.05, 3.63) is 18.2 Å². The Hall–Kier alpha value is -1.79. The summed E-state index contributed by atoms with van der Waals surface area (Å²) in [4.78, 5) is 25.0. The van der Waals surface area contributed by atoms with Crippen LogP contribution >= 0.6 is 12.4 Å². The molecule has 1 heterocycles. The van der Waals surface area contributed by atoms with E-state index in [1.807, 2.05) is 0 Å². The highest BCUT2D eigenvalue weighted by molar-refractivity contribution is 5.98. The first-order valence-corrected chi connectivity index (χ1v) is 9.70. The number of hydrogen-bond acceptors (Lipinski definition) is 4. The third kappa shape index (κ3) is 5.84. The molecule has 2 amide bonds. The Balaban J connectivity index is 0.00000261. The van der Waals surface area contributed by atoms with E-state index in [9.17, 15) is 9.59 Å². The first kappa shape index (κ1) is 21.5. The van der Waals surface area contributed by atoms with Gasteiger partial charge in [-0.25, -0.2) is 0 Å². The van der Waals surface area contributed by atoms with Gasteiger partial charge in [0.1, 0.15) is 5.75 Å². The van der Waals surface area contributed by atoms with Gasteiger partial charge in [0.2, 0.25) is 11.8 Å². The van der Waals surface area contributed by atoms with Crippen LogP contribution in [0.25, 0.3) is 0 Å². The molecule has 0 spiro atoms. The van der Waals surface area contributed by atoms with Crippen LogP contribution in [0.1, 0.15) is 51.4 Å². The first-order chi connectivity index (χ1) is 12.7. The van der Waals surface area contributed by atoms with Crippen molar-refractivity contribution < 1.29 is 14.3 Å². The molecule has 1 unspecified atom stereocenters. The second-order valence-electron chi connectivity index (χ2n) is 7.23. The molecule has 0 radical (unpaired) electrons. The average Bonchev–Trinajstić information content (AvgIpc) is 2.69. The minimum atomic E-state index is -0.147. The van der Waals surface area contributed by atoms with Crippen molar-refractivity contribution in [2.45, 2.75) is 57.4 Å². The van der Waals surface area contributed by atoms with Gasteiger partial charge in [-0.05, 0) is 50.4 Å².